The third-order valence-corrected chi connectivity index (χ3v) is 3.19. The van der Waals surface area contributed by atoms with Gasteiger partial charge in [0, 0.05) is 31.9 Å². The topological polar surface area (TPSA) is 24.5 Å². The summed E-state index contributed by atoms with van der Waals surface area (Å²) in [5.41, 5.74) is 1.44. The highest BCUT2D eigenvalue weighted by molar-refractivity contribution is 5.50. The summed E-state index contributed by atoms with van der Waals surface area (Å²) in [6, 6.07) is 8.21. The van der Waals surface area contributed by atoms with Gasteiger partial charge in [-0.05, 0) is 30.5 Å². The summed E-state index contributed by atoms with van der Waals surface area (Å²) in [6.45, 7) is 9.93. The second kappa shape index (κ2) is 7.39. The number of anilines is 1. The number of benzene rings is 1. The third kappa shape index (κ3) is 5.52. The van der Waals surface area contributed by atoms with Gasteiger partial charge in [-0.2, -0.15) is 0 Å². The Balaban J connectivity index is 2.59. The quantitative estimate of drug-likeness (QED) is 0.730. The minimum absolute atomic E-state index is 0.243. The molecule has 0 fully saturated rings. The van der Waals surface area contributed by atoms with Gasteiger partial charge in [-0.25, -0.2) is 0 Å². The van der Waals surface area contributed by atoms with Crippen LogP contribution in [0.25, 0.3) is 0 Å². The van der Waals surface area contributed by atoms with Crippen molar-refractivity contribution in [3.63, 3.8) is 0 Å². The summed E-state index contributed by atoms with van der Waals surface area (Å²) >= 11 is 0. The molecule has 108 valence electrons. The van der Waals surface area contributed by atoms with E-state index in [0.717, 1.165) is 25.4 Å². The lowest BCUT2D eigenvalue weighted by atomic mass is 9.92. The van der Waals surface area contributed by atoms with Crippen molar-refractivity contribution in [2.24, 2.45) is 5.41 Å². The van der Waals surface area contributed by atoms with Gasteiger partial charge in [0.2, 0.25) is 0 Å². The Morgan fingerprint density at radius 3 is 2.68 bits per heavy atom. The molecule has 0 bridgehead atoms. The van der Waals surface area contributed by atoms with E-state index in [1.165, 1.54) is 12.1 Å². The van der Waals surface area contributed by atoms with Gasteiger partial charge < -0.3 is 15.0 Å². The first-order valence-corrected chi connectivity index (χ1v) is 7.04. The third-order valence-electron chi connectivity index (χ3n) is 3.19. The lowest BCUT2D eigenvalue weighted by Gasteiger charge is -2.32. The van der Waals surface area contributed by atoms with E-state index in [-0.39, 0.29) is 5.41 Å². The largest absolute Gasteiger partial charge is 0.497 e. The predicted octanol–water partition coefficient (Wildman–Crippen LogP) is 3.16. The maximum atomic E-state index is 5.28. The molecule has 1 rings (SSSR count). The molecule has 19 heavy (non-hydrogen) atoms. The highest BCUT2D eigenvalue weighted by atomic mass is 16.5. The van der Waals surface area contributed by atoms with Gasteiger partial charge in [-0.1, -0.05) is 26.8 Å². The van der Waals surface area contributed by atoms with Crippen molar-refractivity contribution in [1.29, 1.82) is 0 Å². The molecule has 0 aliphatic heterocycles. The molecule has 3 heteroatoms. The maximum Gasteiger partial charge on any atom is 0.120 e. The number of hydrogen-bond acceptors (Lipinski definition) is 3. The van der Waals surface area contributed by atoms with E-state index in [0.29, 0.717) is 0 Å². The first kappa shape index (κ1) is 15.8. The SMILES string of the molecule is CCCNCC(C)(C)CN(C)c1cccc(OC)c1. The van der Waals surface area contributed by atoms with Crippen molar-refractivity contribution in [2.45, 2.75) is 27.2 Å². The Kier molecular flexibility index (Phi) is 6.16. The molecular formula is C16H28N2O. The lowest BCUT2D eigenvalue weighted by Crippen LogP contribution is -2.39. The number of nitrogens with zero attached hydrogens (tertiary/aromatic N) is 1. The number of methoxy groups -OCH3 is 1. The summed E-state index contributed by atoms with van der Waals surface area (Å²) in [4.78, 5) is 2.29. The van der Waals surface area contributed by atoms with Crippen molar-refractivity contribution in [3.05, 3.63) is 24.3 Å². The van der Waals surface area contributed by atoms with E-state index in [4.69, 9.17) is 4.74 Å². The molecule has 0 saturated heterocycles. The van der Waals surface area contributed by atoms with Gasteiger partial charge in [0.05, 0.1) is 7.11 Å². The normalized spacial score (nSPS) is 11.4. The average molecular weight is 264 g/mol. The van der Waals surface area contributed by atoms with E-state index >= 15 is 0 Å². The fourth-order valence-corrected chi connectivity index (χ4v) is 2.24. The van der Waals surface area contributed by atoms with Gasteiger partial charge in [0.1, 0.15) is 5.75 Å². The average Bonchev–Trinajstić information content (AvgIpc) is 2.38. The van der Waals surface area contributed by atoms with Crippen molar-refractivity contribution in [3.8, 4) is 5.75 Å². The Morgan fingerprint density at radius 1 is 1.32 bits per heavy atom. The lowest BCUT2D eigenvalue weighted by molar-refractivity contribution is 0.347. The fourth-order valence-electron chi connectivity index (χ4n) is 2.24. The summed E-state index contributed by atoms with van der Waals surface area (Å²) in [7, 11) is 3.84. The van der Waals surface area contributed by atoms with Crippen LogP contribution >= 0.6 is 0 Å². The molecule has 0 unspecified atom stereocenters. The molecule has 0 aromatic heterocycles. The van der Waals surface area contributed by atoms with E-state index in [2.05, 4.69) is 50.2 Å². The van der Waals surface area contributed by atoms with Crippen molar-refractivity contribution < 1.29 is 4.74 Å². The minimum Gasteiger partial charge on any atom is -0.497 e. The van der Waals surface area contributed by atoms with Gasteiger partial charge in [0.15, 0.2) is 0 Å². The zero-order valence-electron chi connectivity index (χ0n) is 13.0. The molecule has 0 atom stereocenters. The summed E-state index contributed by atoms with van der Waals surface area (Å²) in [5.74, 6) is 0.909. The molecule has 0 heterocycles. The standard InChI is InChI=1S/C16H28N2O/c1-6-10-17-12-16(2,3)13-18(4)14-8-7-9-15(11-14)19-5/h7-9,11,17H,6,10,12-13H2,1-5H3. The van der Waals surface area contributed by atoms with Crippen LogP contribution in [0.4, 0.5) is 5.69 Å². The van der Waals surface area contributed by atoms with Gasteiger partial charge >= 0.3 is 0 Å². The van der Waals surface area contributed by atoms with Crippen molar-refractivity contribution >= 4 is 5.69 Å². The Labute approximate surface area is 118 Å². The van der Waals surface area contributed by atoms with Crippen LogP contribution in [0.3, 0.4) is 0 Å². The number of rotatable bonds is 8. The molecule has 0 amide bonds. The highest BCUT2D eigenvalue weighted by Crippen LogP contribution is 2.23. The molecule has 0 saturated carbocycles. The summed E-state index contributed by atoms with van der Waals surface area (Å²) in [5, 5.41) is 3.50. The monoisotopic (exact) mass is 264 g/mol. The predicted molar refractivity (Wildman–Crippen MR) is 83.2 cm³/mol. The first-order valence-electron chi connectivity index (χ1n) is 7.04. The van der Waals surface area contributed by atoms with Crippen LogP contribution in [-0.4, -0.2) is 33.8 Å². The number of hydrogen-bond donors (Lipinski definition) is 1. The Hall–Kier alpha value is -1.22. The minimum atomic E-state index is 0.243. The molecule has 3 nitrogen and oxygen atoms in total. The number of ether oxygens (including phenoxy) is 1. The van der Waals surface area contributed by atoms with Gasteiger partial charge in [0.25, 0.3) is 0 Å². The molecular weight excluding hydrogens is 236 g/mol. The van der Waals surface area contributed by atoms with E-state index in [9.17, 15) is 0 Å². The van der Waals surface area contributed by atoms with Gasteiger partial charge in [-0.3, -0.25) is 0 Å². The zero-order valence-corrected chi connectivity index (χ0v) is 13.0. The Morgan fingerprint density at radius 2 is 2.05 bits per heavy atom. The van der Waals surface area contributed by atoms with E-state index in [1.54, 1.807) is 7.11 Å². The molecule has 0 radical (unpaired) electrons. The maximum absolute atomic E-state index is 5.28. The second-order valence-electron chi connectivity index (χ2n) is 5.90. The second-order valence-corrected chi connectivity index (χ2v) is 5.90. The number of nitrogens with one attached hydrogen (secondary N) is 1. The summed E-state index contributed by atoms with van der Waals surface area (Å²) < 4.78 is 5.28. The van der Waals surface area contributed by atoms with Crippen LogP contribution in [0.2, 0.25) is 0 Å². The fraction of sp³-hybridized carbons (Fsp3) is 0.625. The summed E-state index contributed by atoms with van der Waals surface area (Å²) in [6.07, 6.45) is 1.18. The van der Waals surface area contributed by atoms with Crippen LogP contribution in [0, 0.1) is 5.41 Å². The van der Waals surface area contributed by atoms with Crippen LogP contribution in [0.5, 0.6) is 5.75 Å². The van der Waals surface area contributed by atoms with Crippen LogP contribution in [-0.2, 0) is 0 Å². The molecule has 1 aromatic carbocycles. The van der Waals surface area contributed by atoms with E-state index in [1.807, 2.05) is 12.1 Å². The highest BCUT2D eigenvalue weighted by Gasteiger charge is 2.20. The molecule has 0 aliphatic carbocycles. The van der Waals surface area contributed by atoms with Crippen LogP contribution < -0.4 is 15.0 Å². The van der Waals surface area contributed by atoms with Gasteiger partial charge in [-0.15, -0.1) is 0 Å². The van der Waals surface area contributed by atoms with E-state index < -0.39 is 0 Å². The smallest absolute Gasteiger partial charge is 0.120 e. The van der Waals surface area contributed by atoms with Crippen molar-refractivity contribution in [1.82, 2.24) is 5.32 Å². The zero-order chi connectivity index (χ0) is 14.3. The Bertz CT molecular complexity index is 377. The van der Waals surface area contributed by atoms with Crippen molar-refractivity contribution in [2.75, 3.05) is 38.7 Å². The van der Waals surface area contributed by atoms with Crippen LogP contribution in [0.1, 0.15) is 27.2 Å². The van der Waals surface area contributed by atoms with Crippen LogP contribution in [0.15, 0.2) is 24.3 Å². The molecule has 1 N–H and O–H groups in total. The molecule has 1 aromatic rings. The molecule has 0 spiro atoms. The first-order chi connectivity index (χ1) is 8.98. The molecule has 0 aliphatic rings.